The predicted octanol–water partition coefficient (Wildman–Crippen LogP) is 16.4. The topological polar surface area (TPSA) is 9.86 Å². The predicted molar refractivity (Wildman–Crippen MR) is 265 cm³/mol. The van der Waals surface area contributed by atoms with Crippen LogP contribution in [0.3, 0.4) is 0 Å². The van der Waals surface area contributed by atoms with Crippen LogP contribution in [0.2, 0.25) is 0 Å². The summed E-state index contributed by atoms with van der Waals surface area (Å²) in [5, 5.41) is 12.8. The molecule has 2 heterocycles. The van der Waals surface area contributed by atoms with Gasteiger partial charge in [0.15, 0.2) is 0 Å². The third kappa shape index (κ3) is 5.23. The quantitative estimate of drug-likeness (QED) is 0.154. The van der Waals surface area contributed by atoms with Crippen LogP contribution < -0.4 is 0 Å². The van der Waals surface area contributed by atoms with E-state index in [0.29, 0.717) is 0 Å². The molecule has 1 aliphatic rings. The molecule has 2 nitrogen and oxygen atoms in total. The van der Waals surface area contributed by atoms with Gasteiger partial charge in [-0.2, -0.15) is 0 Å². The highest BCUT2D eigenvalue weighted by atomic mass is 15.0. The van der Waals surface area contributed by atoms with Gasteiger partial charge in [-0.3, -0.25) is 0 Å². The van der Waals surface area contributed by atoms with E-state index in [-0.39, 0.29) is 6.04 Å². The minimum atomic E-state index is 0.213. The van der Waals surface area contributed by atoms with Gasteiger partial charge >= 0.3 is 0 Å². The van der Waals surface area contributed by atoms with E-state index in [1.165, 1.54) is 109 Å². The molecule has 0 spiro atoms. The number of allylic oxidation sites excluding steroid dienone is 4. The van der Waals surface area contributed by atoms with Gasteiger partial charge in [0.2, 0.25) is 0 Å². The van der Waals surface area contributed by atoms with Crippen molar-refractivity contribution in [3.05, 3.63) is 224 Å². The highest BCUT2D eigenvalue weighted by molar-refractivity contribution is 6.26. The molecule has 0 bridgehead atoms. The molecule has 0 saturated carbocycles. The zero-order chi connectivity index (χ0) is 40.7. The van der Waals surface area contributed by atoms with Crippen LogP contribution in [0.25, 0.3) is 115 Å². The van der Waals surface area contributed by atoms with Gasteiger partial charge in [-0.05, 0) is 110 Å². The van der Waals surface area contributed by atoms with Crippen LogP contribution in [-0.2, 0) is 0 Å². The Kier molecular flexibility index (Phi) is 7.77. The van der Waals surface area contributed by atoms with Crippen LogP contribution in [0.4, 0.5) is 0 Å². The summed E-state index contributed by atoms with van der Waals surface area (Å²) in [4.78, 5) is 0. The Balaban J connectivity index is 1.14. The van der Waals surface area contributed by atoms with Gasteiger partial charge in [0, 0.05) is 43.9 Å². The van der Waals surface area contributed by atoms with Gasteiger partial charge in [-0.1, -0.05) is 176 Å². The molecule has 2 heteroatoms. The number of fused-ring (bicyclic) bond motifs is 12. The molecule has 0 fully saturated rings. The van der Waals surface area contributed by atoms with E-state index in [1.54, 1.807) is 0 Å². The van der Waals surface area contributed by atoms with Crippen molar-refractivity contribution in [3.63, 3.8) is 0 Å². The molecule has 1 unspecified atom stereocenters. The molecule has 62 heavy (non-hydrogen) atoms. The van der Waals surface area contributed by atoms with Crippen molar-refractivity contribution in [3.8, 4) is 39.1 Å². The fourth-order valence-electron chi connectivity index (χ4n) is 10.7. The van der Waals surface area contributed by atoms with Gasteiger partial charge in [-0.15, -0.1) is 0 Å². The fraction of sp³-hybridized carbons (Fsp3) is 0.0333. The van der Waals surface area contributed by atoms with Crippen LogP contribution >= 0.6 is 0 Å². The number of para-hydroxylation sites is 5. The SMILES string of the molecule is C1=CCC(n2c3ccccc3c3cccc(-c4cc(-c5ccc6c7ccccc7c7ccccc7c6c5)cc(-c5cccc6c7ccccc7n(-c7ccccc7)c56)c4)c32)C=C1. The van der Waals surface area contributed by atoms with Crippen LogP contribution in [0.15, 0.2) is 224 Å². The summed E-state index contributed by atoms with van der Waals surface area (Å²) >= 11 is 0. The molecule has 10 aromatic carbocycles. The Bertz CT molecular complexity index is 3800. The van der Waals surface area contributed by atoms with Crippen molar-refractivity contribution in [2.75, 3.05) is 0 Å². The summed E-state index contributed by atoms with van der Waals surface area (Å²) in [5.41, 5.74) is 13.3. The molecule has 13 rings (SSSR count). The average Bonchev–Trinajstić information content (AvgIpc) is 3.88. The zero-order valence-corrected chi connectivity index (χ0v) is 34.0. The molecule has 12 aromatic rings. The molecule has 0 amide bonds. The minimum Gasteiger partial charge on any atom is -0.333 e. The largest absolute Gasteiger partial charge is 0.333 e. The number of hydrogen-bond donors (Lipinski definition) is 0. The van der Waals surface area contributed by atoms with Gasteiger partial charge in [0.05, 0.1) is 22.6 Å². The molecule has 0 radical (unpaired) electrons. The van der Waals surface area contributed by atoms with Crippen molar-refractivity contribution in [2.24, 2.45) is 0 Å². The molecule has 1 atom stereocenters. The number of rotatable bonds is 5. The second-order valence-corrected chi connectivity index (χ2v) is 16.7. The van der Waals surface area contributed by atoms with Crippen molar-refractivity contribution >= 4 is 75.9 Å². The summed E-state index contributed by atoms with van der Waals surface area (Å²) in [6.07, 6.45) is 9.99. The molecule has 0 saturated heterocycles. The first kappa shape index (κ1) is 34.9. The van der Waals surface area contributed by atoms with E-state index in [2.05, 4.69) is 234 Å². The van der Waals surface area contributed by atoms with E-state index in [0.717, 1.165) is 12.1 Å². The maximum Gasteiger partial charge on any atom is 0.0619 e. The Morgan fingerprint density at radius 3 is 1.52 bits per heavy atom. The lowest BCUT2D eigenvalue weighted by Crippen LogP contribution is -2.07. The van der Waals surface area contributed by atoms with Crippen LogP contribution in [-0.4, -0.2) is 9.13 Å². The normalized spacial score (nSPS) is 14.1. The zero-order valence-electron chi connectivity index (χ0n) is 34.0. The molecule has 0 N–H and O–H groups in total. The summed E-state index contributed by atoms with van der Waals surface area (Å²) < 4.78 is 5.05. The van der Waals surface area contributed by atoms with Crippen LogP contribution in [0.1, 0.15) is 12.5 Å². The summed E-state index contributed by atoms with van der Waals surface area (Å²) in [6, 6.07) is 74.7. The van der Waals surface area contributed by atoms with Crippen molar-refractivity contribution in [1.29, 1.82) is 0 Å². The highest BCUT2D eigenvalue weighted by Crippen LogP contribution is 2.45. The smallest absolute Gasteiger partial charge is 0.0619 e. The highest BCUT2D eigenvalue weighted by Gasteiger charge is 2.22. The average molecular weight is 789 g/mol. The van der Waals surface area contributed by atoms with E-state index in [1.807, 2.05) is 0 Å². The third-order valence-corrected chi connectivity index (χ3v) is 13.4. The fourth-order valence-corrected chi connectivity index (χ4v) is 10.7. The third-order valence-electron chi connectivity index (χ3n) is 13.4. The standard InChI is InChI=1S/C60H40N2/c1-3-17-43(18-4-1)61-57-31-13-11-25-52(57)54-29-15-27-45(59(54)61)41-35-40(39-33-34-51-49-23-8-7-21-47(49)48-22-9-10-24-50(48)56(51)38-39)36-42(37-41)46-28-16-30-55-53-26-12-14-32-58(53)62(60(46)55)44-19-5-2-6-20-44/h1-19,21-38,44H,20H2. The maximum atomic E-state index is 2.59. The molecular weight excluding hydrogens is 749 g/mol. The van der Waals surface area contributed by atoms with Crippen molar-refractivity contribution in [1.82, 2.24) is 9.13 Å². The van der Waals surface area contributed by atoms with Gasteiger partial charge in [0.25, 0.3) is 0 Å². The first-order valence-electron chi connectivity index (χ1n) is 21.7. The second-order valence-electron chi connectivity index (χ2n) is 16.7. The molecule has 1 aliphatic carbocycles. The van der Waals surface area contributed by atoms with Gasteiger partial charge in [0.1, 0.15) is 0 Å². The molecule has 290 valence electrons. The lowest BCUT2D eigenvalue weighted by Gasteiger charge is -2.21. The van der Waals surface area contributed by atoms with Crippen LogP contribution in [0, 0.1) is 0 Å². The monoisotopic (exact) mass is 788 g/mol. The first-order valence-corrected chi connectivity index (χ1v) is 21.7. The van der Waals surface area contributed by atoms with E-state index < -0.39 is 0 Å². The number of aromatic nitrogens is 2. The second kappa shape index (κ2) is 13.8. The maximum absolute atomic E-state index is 2.59. The summed E-state index contributed by atoms with van der Waals surface area (Å²) in [7, 11) is 0. The minimum absolute atomic E-state index is 0.213. The Labute approximate surface area is 359 Å². The van der Waals surface area contributed by atoms with Crippen molar-refractivity contribution in [2.45, 2.75) is 12.5 Å². The number of hydrogen-bond acceptors (Lipinski definition) is 0. The lowest BCUT2D eigenvalue weighted by molar-refractivity contribution is 0.648. The van der Waals surface area contributed by atoms with Gasteiger partial charge in [-0.25, -0.2) is 0 Å². The molecular formula is C60H40N2. The summed E-state index contributed by atoms with van der Waals surface area (Å²) in [6.45, 7) is 0. The first-order chi connectivity index (χ1) is 30.8. The summed E-state index contributed by atoms with van der Waals surface area (Å²) in [5.74, 6) is 0. The van der Waals surface area contributed by atoms with E-state index in [4.69, 9.17) is 0 Å². The molecule has 0 aliphatic heterocycles. The van der Waals surface area contributed by atoms with Gasteiger partial charge < -0.3 is 9.13 Å². The lowest BCUT2D eigenvalue weighted by atomic mass is 9.89. The Morgan fingerprint density at radius 2 is 0.855 bits per heavy atom. The van der Waals surface area contributed by atoms with E-state index >= 15 is 0 Å². The number of benzene rings is 10. The Morgan fingerprint density at radius 1 is 0.339 bits per heavy atom. The Hall–Kier alpha value is -7.94. The van der Waals surface area contributed by atoms with E-state index in [9.17, 15) is 0 Å². The van der Waals surface area contributed by atoms with Crippen molar-refractivity contribution < 1.29 is 0 Å². The van der Waals surface area contributed by atoms with Crippen LogP contribution in [0.5, 0.6) is 0 Å². The number of nitrogens with zero attached hydrogens (tertiary/aromatic N) is 2. The molecule has 2 aromatic heterocycles.